The fourth-order valence-electron chi connectivity index (χ4n) is 1.30. The Morgan fingerprint density at radius 2 is 2.31 bits per heavy atom. The Morgan fingerprint density at radius 3 is 2.88 bits per heavy atom. The monoisotopic (exact) mass is 218 g/mol. The number of anilines is 1. The van der Waals surface area contributed by atoms with Crippen LogP contribution in [-0.2, 0) is 0 Å². The van der Waals surface area contributed by atoms with Crippen molar-refractivity contribution in [2.45, 2.75) is 0 Å². The number of nitrogens with zero attached hydrogens (tertiary/aromatic N) is 1. The van der Waals surface area contributed by atoms with Crippen molar-refractivity contribution in [3.63, 3.8) is 0 Å². The zero-order valence-corrected chi connectivity index (χ0v) is 9.36. The normalized spacial score (nSPS) is 9.31. The lowest BCUT2D eigenvalue weighted by Crippen LogP contribution is -2.27. The molecule has 1 rings (SSSR count). The topological polar surface area (TPSA) is 55.6 Å². The van der Waals surface area contributed by atoms with Gasteiger partial charge in [0.1, 0.15) is 5.75 Å². The molecular weight excluding hydrogens is 204 g/mol. The molecule has 0 saturated carbocycles. The van der Waals surface area contributed by atoms with Crippen molar-refractivity contribution >= 4 is 11.6 Å². The van der Waals surface area contributed by atoms with Crippen LogP contribution in [-0.4, -0.2) is 31.5 Å². The molecule has 0 unspecified atom stereocenters. The summed E-state index contributed by atoms with van der Waals surface area (Å²) in [7, 11) is 3.13. The Labute approximate surface area is 95.0 Å². The van der Waals surface area contributed by atoms with E-state index in [0.29, 0.717) is 17.0 Å². The maximum Gasteiger partial charge on any atom is 0.258 e. The molecule has 0 aliphatic carbocycles. The number of nitrogen functional groups attached to an aromatic ring is 1. The van der Waals surface area contributed by atoms with Crippen LogP contribution in [0.15, 0.2) is 18.2 Å². The standard InChI is InChI=1S/C12H14N2O2/c1-4-7-14(2)12(15)10-6-5-9(13)8-11(10)16-3/h1,5-6,8H,7,13H2,2-3H3. The molecule has 1 amide bonds. The van der Waals surface area contributed by atoms with E-state index in [1.54, 1.807) is 25.2 Å². The second kappa shape index (κ2) is 5.08. The van der Waals surface area contributed by atoms with Crippen molar-refractivity contribution in [3.8, 4) is 18.1 Å². The summed E-state index contributed by atoms with van der Waals surface area (Å²) in [6, 6.07) is 4.89. The second-order valence-corrected chi connectivity index (χ2v) is 3.33. The van der Waals surface area contributed by atoms with Crippen LogP contribution >= 0.6 is 0 Å². The molecule has 0 heterocycles. The van der Waals surface area contributed by atoms with E-state index in [1.807, 2.05) is 0 Å². The largest absolute Gasteiger partial charge is 0.496 e. The summed E-state index contributed by atoms with van der Waals surface area (Å²) in [5, 5.41) is 0. The molecule has 1 aromatic rings. The molecule has 0 saturated heterocycles. The highest BCUT2D eigenvalue weighted by Gasteiger charge is 2.15. The SMILES string of the molecule is C#CCN(C)C(=O)c1ccc(N)cc1OC. The Kier molecular flexibility index (Phi) is 3.78. The first-order valence-electron chi connectivity index (χ1n) is 4.72. The number of hydrogen-bond acceptors (Lipinski definition) is 3. The lowest BCUT2D eigenvalue weighted by atomic mass is 10.1. The third-order valence-electron chi connectivity index (χ3n) is 2.13. The van der Waals surface area contributed by atoms with Gasteiger partial charge < -0.3 is 15.4 Å². The van der Waals surface area contributed by atoms with Crippen molar-refractivity contribution in [1.82, 2.24) is 4.90 Å². The van der Waals surface area contributed by atoms with Gasteiger partial charge in [-0.1, -0.05) is 5.92 Å². The van der Waals surface area contributed by atoms with E-state index in [1.165, 1.54) is 12.0 Å². The highest BCUT2D eigenvalue weighted by molar-refractivity contribution is 5.97. The number of ether oxygens (including phenoxy) is 1. The predicted molar refractivity (Wildman–Crippen MR) is 63.2 cm³/mol. The van der Waals surface area contributed by atoms with Gasteiger partial charge in [-0.2, -0.15) is 0 Å². The van der Waals surface area contributed by atoms with Gasteiger partial charge in [0.15, 0.2) is 0 Å². The van der Waals surface area contributed by atoms with Gasteiger partial charge in [0.05, 0.1) is 19.2 Å². The number of carbonyl (C=O) groups excluding carboxylic acids is 1. The quantitative estimate of drug-likeness (QED) is 0.608. The van der Waals surface area contributed by atoms with Crippen molar-refractivity contribution < 1.29 is 9.53 Å². The summed E-state index contributed by atoms with van der Waals surface area (Å²) in [4.78, 5) is 13.4. The molecule has 0 aromatic heterocycles. The number of terminal acetylenes is 1. The molecule has 1 aromatic carbocycles. The minimum atomic E-state index is -0.185. The second-order valence-electron chi connectivity index (χ2n) is 3.33. The van der Waals surface area contributed by atoms with Crippen LogP contribution in [0.3, 0.4) is 0 Å². The van der Waals surface area contributed by atoms with Crippen molar-refractivity contribution in [2.75, 3.05) is 26.4 Å². The van der Waals surface area contributed by atoms with Gasteiger partial charge in [-0.3, -0.25) is 4.79 Å². The van der Waals surface area contributed by atoms with Gasteiger partial charge in [-0.15, -0.1) is 6.42 Å². The molecule has 4 nitrogen and oxygen atoms in total. The molecule has 0 aliphatic rings. The predicted octanol–water partition coefficient (Wildman–Crippen LogP) is 0.983. The van der Waals surface area contributed by atoms with Gasteiger partial charge in [-0.05, 0) is 12.1 Å². The van der Waals surface area contributed by atoms with E-state index in [4.69, 9.17) is 16.9 Å². The van der Waals surface area contributed by atoms with Crippen molar-refractivity contribution in [1.29, 1.82) is 0 Å². The molecule has 84 valence electrons. The van der Waals surface area contributed by atoms with E-state index in [0.717, 1.165) is 0 Å². The van der Waals surface area contributed by atoms with Gasteiger partial charge in [0, 0.05) is 18.8 Å². The van der Waals surface area contributed by atoms with Crippen LogP contribution in [0.25, 0.3) is 0 Å². The lowest BCUT2D eigenvalue weighted by molar-refractivity contribution is 0.0809. The summed E-state index contributed by atoms with van der Waals surface area (Å²) in [5.41, 5.74) is 6.60. The molecular formula is C12H14N2O2. The average Bonchev–Trinajstić information content (AvgIpc) is 2.28. The number of hydrogen-bond donors (Lipinski definition) is 1. The fourth-order valence-corrected chi connectivity index (χ4v) is 1.30. The third kappa shape index (κ3) is 2.45. The van der Waals surface area contributed by atoms with Crippen LogP contribution < -0.4 is 10.5 Å². The smallest absolute Gasteiger partial charge is 0.258 e. The molecule has 16 heavy (non-hydrogen) atoms. The van der Waals surface area contributed by atoms with E-state index in [-0.39, 0.29) is 12.5 Å². The average molecular weight is 218 g/mol. The molecule has 0 radical (unpaired) electrons. The van der Waals surface area contributed by atoms with Crippen LogP contribution in [0.4, 0.5) is 5.69 Å². The highest BCUT2D eigenvalue weighted by Crippen LogP contribution is 2.22. The van der Waals surface area contributed by atoms with Crippen LogP contribution in [0, 0.1) is 12.3 Å². The summed E-state index contributed by atoms with van der Waals surface area (Å²) in [6.45, 7) is 0.256. The van der Waals surface area contributed by atoms with E-state index < -0.39 is 0 Å². The Bertz CT molecular complexity index is 435. The van der Waals surface area contributed by atoms with E-state index >= 15 is 0 Å². The fraction of sp³-hybridized carbons (Fsp3) is 0.250. The maximum atomic E-state index is 11.9. The highest BCUT2D eigenvalue weighted by atomic mass is 16.5. The number of rotatable bonds is 3. The molecule has 0 bridgehead atoms. The van der Waals surface area contributed by atoms with Crippen molar-refractivity contribution in [2.24, 2.45) is 0 Å². The minimum Gasteiger partial charge on any atom is -0.496 e. The van der Waals surface area contributed by atoms with Gasteiger partial charge in [0.2, 0.25) is 0 Å². The van der Waals surface area contributed by atoms with E-state index in [9.17, 15) is 4.79 Å². The maximum absolute atomic E-state index is 11.9. The summed E-state index contributed by atoms with van der Waals surface area (Å²) in [5.74, 6) is 2.67. The summed E-state index contributed by atoms with van der Waals surface area (Å²) < 4.78 is 5.10. The lowest BCUT2D eigenvalue weighted by Gasteiger charge is -2.16. The third-order valence-corrected chi connectivity index (χ3v) is 2.13. The number of carbonyl (C=O) groups is 1. The zero-order valence-electron chi connectivity index (χ0n) is 9.36. The van der Waals surface area contributed by atoms with Crippen molar-refractivity contribution in [3.05, 3.63) is 23.8 Å². The molecule has 4 heteroatoms. The van der Waals surface area contributed by atoms with E-state index in [2.05, 4.69) is 5.92 Å². The Morgan fingerprint density at radius 1 is 1.62 bits per heavy atom. The number of nitrogens with two attached hydrogens (primary N) is 1. The molecule has 0 aliphatic heterocycles. The number of methoxy groups -OCH3 is 1. The minimum absolute atomic E-state index is 0.185. The summed E-state index contributed by atoms with van der Waals surface area (Å²) >= 11 is 0. The Balaban J connectivity index is 3.04. The molecule has 0 fully saturated rings. The zero-order chi connectivity index (χ0) is 12.1. The first-order valence-corrected chi connectivity index (χ1v) is 4.72. The molecule has 0 atom stereocenters. The molecule has 2 N–H and O–H groups in total. The Hall–Kier alpha value is -2.15. The first-order chi connectivity index (χ1) is 7.60. The number of amides is 1. The van der Waals surface area contributed by atoms with Gasteiger partial charge in [0.25, 0.3) is 5.91 Å². The van der Waals surface area contributed by atoms with Crippen LogP contribution in [0.2, 0.25) is 0 Å². The van der Waals surface area contributed by atoms with Gasteiger partial charge in [-0.25, -0.2) is 0 Å². The number of benzene rings is 1. The van der Waals surface area contributed by atoms with Crippen LogP contribution in [0.5, 0.6) is 5.75 Å². The molecule has 0 spiro atoms. The van der Waals surface area contributed by atoms with Crippen LogP contribution in [0.1, 0.15) is 10.4 Å². The first kappa shape index (κ1) is 11.9. The summed E-state index contributed by atoms with van der Waals surface area (Å²) in [6.07, 6.45) is 5.14. The van der Waals surface area contributed by atoms with Gasteiger partial charge >= 0.3 is 0 Å².